The van der Waals surface area contributed by atoms with Crippen LogP contribution in [0.5, 0.6) is 5.75 Å². The zero-order valence-electron chi connectivity index (χ0n) is 16.2. The van der Waals surface area contributed by atoms with Crippen molar-refractivity contribution in [2.45, 2.75) is 6.42 Å². The Morgan fingerprint density at radius 2 is 1.87 bits per heavy atom. The molecule has 3 aromatic carbocycles. The Morgan fingerprint density at radius 1 is 1.13 bits per heavy atom. The second kappa shape index (κ2) is 9.86. The molecule has 6 heteroatoms. The highest BCUT2D eigenvalue weighted by Gasteiger charge is 2.12. The van der Waals surface area contributed by atoms with E-state index in [0.717, 1.165) is 10.0 Å². The number of methoxy groups -OCH3 is 1. The molecule has 1 N–H and O–H groups in total. The van der Waals surface area contributed by atoms with Crippen LogP contribution in [-0.4, -0.2) is 13.0 Å². The number of amides is 1. The van der Waals surface area contributed by atoms with Crippen LogP contribution >= 0.6 is 15.9 Å². The molecule has 0 saturated heterocycles. The highest BCUT2D eigenvalue weighted by molar-refractivity contribution is 9.10. The van der Waals surface area contributed by atoms with Crippen LogP contribution in [0, 0.1) is 17.1 Å². The van der Waals surface area contributed by atoms with Crippen LogP contribution in [0.25, 0.3) is 6.08 Å². The Labute approximate surface area is 182 Å². The molecular formula is C24H18BrFN2O2. The summed E-state index contributed by atoms with van der Waals surface area (Å²) in [4.78, 5) is 12.4. The molecule has 0 unspecified atom stereocenters. The van der Waals surface area contributed by atoms with Gasteiger partial charge in [0.25, 0.3) is 5.91 Å². The first-order chi connectivity index (χ1) is 14.5. The van der Waals surface area contributed by atoms with E-state index in [1.54, 1.807) is 60.7 Å². The third-order valence-corrected chi connectivity index (χ3v) is 4.96. The molecule has 0 aliphatic rings. The Morgan fingerprint density at radius 3 is 2.53 bits per heavy atom. The average molecular weight is 465 g/mol. The van der Waals surface area contributed by atoms with Gasteiger partial charge >= 0.3 is 0 Å². The number of hydrogen-bond donors (Lipinski definition) is 1. The summed E-state index contributed by atoms with van der Waals surface area (Å²) in [6.45, 7) is 0. The van der Waals surface area contributed by atoms with Crippen molar-refractivity contribution in [3.8, 4) is 11.8 Å². The van der Waals surface area contributed by atoms with Gasteiger partial charge in [0.2, 0.25) is 0 Å². The van der Waals surface area contributed by atoms with Crippen molar-refractivity contribution in [1.29, 1.82) is 5.26 Å². The highest BCUT2D eigenvalue weighted by atomic mass is 79.9. The summed E-state index contributed by atoms with van der Waals surface area (Å²) in [6.07, 6.45) is 1.86. The fraction of sp³-hybridized carbons (Fsp3) is 0.0833. The van der Waals surface area contributed by atoms with E-state index >= 15 is 0 Å². The van der Waals surface area contributed by atoms with Crippen molar-refractivity contribution >= 4 is 33.6 Å². The standard InChI is InChI=1S/C24H18BrFN2O2/c1-30-23-13-16(6-7-18(23)14-17-4-2-3-5-22(17)26)12-19(15-27)24(29)28-21-10-8-20(25)9-11-21/h2-13H,14H2,1H3,(H,28,29)/b19-12+. The highest BCUT2D eigenvalue weighted by Crippen LogP contribution is 2.25. The molecule has 0 radical (unpaired) electrons. The molecule has 30 heavy (non-hydrogen) atoms. The topological polar surface area (TPSA) is 62.1 Å². The molecule has 1 amide bonds. The summed E-state index contributed by atoms with van der Waals surface area (Å²) in [5.74, 6) is -0.230. The van der Waals surface area contributed by atoms with Gasteiger partial charge in [-0.1, -0.05) is 46.3 Å². The fourth-order valence-corrected chi connectivity index (χ4v) is 3.16. The van der Waals surface area contributed by atoms with Gasteiger partial charge < -0.3 is 10.1 Å². The lowest BCUT2D eigenvalue weighted by Crippen LogP contribution is -2.13. The second-order valence-corrected chi connectivity index (χ2v) is 7.39. The molecule has 0 saturated carbocycles. The van der Waals surface area contributed by atoms with Gasteiger partial charge in [0.15, 0.2) is 0 Å². The molecule has 150 valence electrons. The Kier molecular flexibility index (Phi) is 6.99. The van der Waals surface area contributed by atoms with E-state index < -0.39 is 5.91 Å². The average Bonchev–Trinajstić information content (AvgIpc) is 2.76. The first-order valence-corrected chi connectivity index (χ1v) is 9.88. The van der Waals surface area contributed by atoms with Crippen LogP contribution in [0.15, 0.2) is 76.8 Å². The molecule has 3 aromatic rings. The van der Waals surface area contributed by atoms with Crippen molar-refractivity contribution in [3.63, 3.8) is 0 Å². The largest absolute Gasteiger partial charge is 0.496 e. The zero-order chi connectivity index (χ0) is 21.5. The van der Waals surface area contributed by atoms with Gasteiger partial charge in [-0.2, -0.15) is 5.26 Å². The van der Waals surface area contributed by atoms with E-state index in [0.29, 0.717) is 29.0 Å². The number of halogens is 2. The van der Waals surface area contributed by atoms with Gasteiger partial charge in [-0.25, -0.2) is 4.39 Å². The van der Waals surface area contributed by atoms with E-state index in [-0.39, 0.29) is 11.4 Å². The van der Waals surface area contributed by atoms with Gasteiger partial charge in [-0.05, 0) is 59.2 Å². The minimum absolute atomic E-state index is 0.0400. The summed E-state index contributed by atoms with van der Waals surface area (Å²) in [5, 5.41) is 12.1. The molecule has 0 atom stereocenters. The van der Waals surface area contributed by atoms with Crippen molar-refractivity contribution in [2.24, 2.45) is 0 Å². The van der Waals surface area contributed by atoms with Crippen LogP contribution in [-0.2, 0) is 11.2 Å². The van der Waals surface area contributed by atoms with Crippen molar-refractivity contribution in [2.75, 3.05) is 12.4 Å². The van der Waals surface area contributed by atoms with Crippen molar-refractivity contribution < 1.29 is 13.9 Å². The van der Waals surface area contributed by atoms with Gasteiger partial charge in [0.05, 0.1) is 7.11 Å². The van der Waals surface area contributed by atoms with Crippen LogP contribution in [0.2, 0.25) is 0 Å². The van der Waals surface area contributed by atoms with Crippen LogP contribution in [0.4, 0.5) is 10.1 Å². The number of nitrogens with one attached hydrogen (secondary N) is 1. The number of carbonyl (C=O) groups excluding carboxylic acids is 1. The summed E-state index contributed by atoms with van der Waals surface area (Å²) >= 11 is 3.33. The van der Waals surface area contributed by atoms with E-state index in [1.807, 2.05) is 6.07 Å². The van der Waals surface area contributed by atoms with Crippen molar-refractivity contribution in [1.82, 2.24) is 0 Å². The number of rotatable bonds is 6. The maximum absolute atomic E-state index is 14.0. The van der Waals surface area contributed by atoms with Crippen LogP contribution < -0.4 is 10.1 Å². The normalized spacial score (nSPS) is 10.9. The fourth-order valence-electron chi connectivity index (χ4n) is 2.89. The zero-order valence-corrected chi connectivity index (χ0v) is 17.7. The summed E-state index contributed by atoms with van der Waals surface area (Å²) < 4.78 is 20.3. The van der Waals surface area contributed by atoms with Gasteiger partial charge in [-0.15, -0.1) is 0 Å². The number of hydrogen-bond acceptors (Lipinski definition) is 3. The number of anilines is 1. The lowest BCUT2D eigenvalue weighted by Gasteiger charge is -2.11. The Balaban J connectivity index is 1.82. The SMILES string of the molecule is COc1cc(/C=C(\C#N)C(=O)Nc2ccc(Br)cc2)ccc1Cc1ccccc1F. The second-order valence-electron chi connectivity index (χ2n) is 6.47. The van der Waals surface area contributed by atoms with Gasteiger partial charge in [0, 0.05) is 16.6 Å². The molecule has 0 aliphatic carbocycles. The molecule has 0 fully saturated rings. The molecule has 0 aromatic heterocycles. The van der Waals surface area contributed by atoms with Gasteiger partial charge in [-0.3, -0.25) is 4.79 Å². The minimum atomic E-state index is -0.505. The molecule has 0 heterocycles. The number of benzene rings is 3. The number of ether oxygens (including phenoxy) is 1. The number of carbonyl (C=O) groups is 1. The first kappa shape index (κ1) is 21.3. The molecule has 0 spiro atoms. The van der Waals surface area contributed by atoms with E-state index in [1.165, 1.54) is 19.3 Å². The quantitative estimate of drug-likeness (QED) is 0.374. The molecular weight excluding hydrogens is 447 g/mol. The summed E-state index contributed by atoms with van der Waals surface area (Å²) in [7, 11) is 1.53. The van der Waals surface area contributed by atoms with Gasteiger partial charge in [0.1, 0.15) is 23.2 Å². The van der Waals surface area contributed by atoms with E-state index in [2.05, 4.69) is 21.2 Å². The lowest BCUT2D eigenvalue weighted by atomic mass is 10.0. The smallest absolute Gasteiger partial charge is 0.266 e. The minimum Gasteiger partial charge on any atom is -0.496 e. The molecule has 3 rings (SSSR count). The third kappa shape index (κ3) is 5.34. The Hall–Kier alpha value is -3.43. The molecule has 4 nitrogen and oxygen atoms in total. The summed E-state index contributed by atoms with van der Waals surface area (Å²) in [5.41, 5.74) is 2.54. The monoisotopic (exact) mass is 464 g/mol. The van der Waals surface area contributed by atoms with Crippen molar-refractivity contribution in [3.05, 3.63) is 99.3 Å². The number of nitriles is 1. The first-order valence-electron chi connectivity index (χ1n) is 9.09. The van der Waals surface area contributed by atoms with Crippen LogP contribution in [0.1, 0.15) is 16.7 Å². The number of nitrogens with zero attached hydrogens (tertiary/aromatic N) is 1. The predicted molar refractivity (Wildman–Crippen MR) is 119 cm³/mol. The summed E-state index contributed by atoms with van der Waals surface area (Å²) in [6, 6.07) is 20.9. The third-order valence-electron chi connectivity index (χ3n) is 4.43. The maximum Gasteiger partial charge on any atom is 0.266 e. The lowest BCUT2D eigenvalue weighted by molar-refractivity contribution is -0.112. The van der Waals surface area contributed by atoms with Crippen LogP contribution in [0.3, 0.4) is 0 Å². The Bertz CT molecular complexity index is 1130. The molecule has 0 aliphatic heterocycles. The van der Waals surface area contributed by atoms with E-state index in [9.17, 15) is 14.4 Å². The van der Waals surface area contributed by atoms with E-state index in [4.69, 9.17) is 4.74 Å². The molecule has 0 bridgehead atoms. The maximum atomic E-state index is 14.0. The predicted octanol–water partition coefficient (Wildman–Crippen LogP) is 5.73.